The van der Waals surface area contributed by atoms with Crippen molar-refractivity contribution in [2.75, 3.05) is 0 Å². The van der Waals surface area contributed by atoms with E-state index in [-0.39, 0.29) is 18.0 Å². The third-order valence-electron chi connectivity index (χ3n) is 3.39. The zero-order valence-corrected chi connectivity index (χ0v) is 10.5. The first kappa shape index (κ1) is 12.6. The molecule has 0 radical (unpaired) electrons. The molecule has 92 valence electrons. The number of hydrogen-bond acceptors (Lipinski definition) is 1. The van der Waals surface area contributed by atoms with Crippen LogP contribution in [-0.4, -0.2) is 5.78 Å². The lowest BCUT2D eigenvalue weighted by molar-refractivity contribution is -0.119. The van der Waals surface area contributed by atoms with Gasteiger partial charge in [-0.1, -0.05) is 37.3 Å². The fraction of sp³-hybridized carbons (Fsp3) is 0.500. The number of hydrogen-bond donors (Lipinski definition) is 0. The predicted octanol–water partition coefficient (Wildman–Crippen LogP) is 4.17. The van der Waals surface area contributed by atoms with Crippen molar-refractivity contribution in [2.45, 2.75) is 38.5 Å². The first-order valence-electron chi connectivity index (χ1n) is 6.11. The van der Waals surface area contributed by atoms with Crippen LogP contribution in [0.4, 0.5) is 4.39 Å². The van der Waals surface area contributed by atoms with Gasteiger partial charge in [-0.3, -0.25) is 4.79 Å². The van der Waals surface area contributed by atoms with Gasteiger partial charge in [0.25, 0.3) is 0 Å². The smallest absolute Gasteiger partial charge is 0.137 e. The molecule has 1 aliphatic rings. The number of carbonyl (C=O) groups is 1. The SMILES string of the molecule is O=C(Cc1cc(F)ccc1Cl)CC1CCCC1. The van der Waals surface area contributed by atoms with E-state index in [1.807, 2.05) is 0 Å². The summed E-state index contributed by atoms with van der Waals surface area (Å²) in [5, 5.41) is 0.478. The van der Waals surface area contributed by atoms with E-state index in [1.165, 1.54) is 31.0 Å². The lowest BCUT2D eigenvalue weighted by Crippen LogP contribution is -2.08. The van der Waals surface area contributed by atoms with Crippen LogP contribution in [0.5, 0.6) is 0 Å². The quantitative estimate of drug-likeness (QED) is 0.788. The van der Waals surface area contributed by atoms with Crippen molar-refractivity contribution in [1.29, 1.82) is 0 Å². The number of halogens is 2. The van der Waals surface area contributed by atoms with E-state index < -0.39 is 0 Å². The van der Waals surface area contributed by atoms with E-state index >= 15 is 0 Å². The highest BCUT2D eigenvalue weighted by molar-refractivity contribution is 6.31. The monoisotopic (exact) mass is 254 g/mol. The van der Waals surface area contributed by atoms with Gasteiger partial charge >= 0.3 is 0 Å². The Morgan fingerprint density at radius 3 is 2.76 bits per heavy atom. The van der Waals surface area contributed by atoms with E-state index in [1.54, 1.807) is 0 Å². The minimum absolute atomic E-state index is 0.171. The maximum Gasteiger partial charge on any atom is 0.137 e. The molecule has 0 unspecified atom stereocenters. The second kappa shape index (κ2) is 5.63. The lowest BCUT2D eigenvalue weighted by atomic mass is 9.97. The van der Waals surface area contributed by atoms with Gasteiger partial charge in [0.05, 0.1) is 0 Å². The van der Waals surface area contributed by atoms with Crippen LogP contribution < -0.4 is 0 Å². The summed E-state index contributed by atoms with van der Waals surface area (Å²) >= 11 is 5.94. The summed E-state index contributed by atoms with van der Waals surface area (Å²) in [6, 6.07) is 4.18. The van der Waals surface area contributed by atoms with Crippen LogP contribution >= 0.6 is 11.6 Å². The third kappa shape index (κ3) is 3.53. The Labute approximate surface area is 106 Å². The molecule has 0 aliphatic heterocycles. The summed E-state index contributed by atoms with van der Waals surface area (Å²) in [5.74, 6) is 0.373. The van der Waals surface area contributed by atoms with Crippen molar-refractivity contribution < 1.29 is 9.18 Å². The number of carbonyl (C=O) groups excluding carboxylic acids is 1. The predicted molar refractivity (Wildman–Crippen MR) is 66.7 cm³/mol. The Hall–Kier alpha value is -0.890. The zero-order chi connectivity index (χ0) is 12.3. The molecule has 0 saturated heterocycles. The summed E-state index contributed by atoms with van der Waals surface area (Å²) in [4.78, 5) is 11.9. The molecule has 1 saturated carbocycles. The van der Waals surface area contributed by atoms with E-state index in [4.69, 9.17) is 11.6 Å². The number of benzene rings is 1. The highest BCUT2D eigenvalue weighted by atomic mass is 35.5. The van der Waals surface area contributed by atoms with Crippen molar-refractivity contribution >= 4 is 17.4 Å². The number of rotatable bonds is 4. The van der Waals surface area contributed by atoms with Crippen molar-refractivity contribution in [1.82, 2.24) is 0 Å². The minimum atomic E-state index is -0.335. The molecule has 2 rings (SSSR count). The molecule has 0 spiro atoms. The van der Waals surface area contributed by atoms with Crippen molar-refractivity contribution in [3.63, 3.8) is 0 Å². The third-order valence-corrected chi connectivity index (χ3v) is 3.76. The molecule has 0 aromatic heterocycles. The van der Waals surface area contributed by atoms with Crippen LogP contribution in [0.25, 0.3) is 0 Å². The molecule has 0 amide bonds. The molecular weight excluding hydrogens is 239 g/mol. The minimum Gasteiger partial charge on any atom is -0.299 e. The fourth-order valence-electron chi connectivity index (χ4n) is 2.50. The topological polar surface area (TPSA) is 17.1 Å². The van der Waals surface area contributed by atoms with Crippen LogP contribution in [0.3, 0.4) is 0 Å². The van der Waals surface area contributed by atoms with E-state index in [2.05, 4.69) is 0 Å². The molecular formula is C14H16ClFO. The number of ketones is 1. The summed E-state index contributed by atoms with van der Waals surface area (Å²) < 4.78 is 13.0. The zero-order valence-electron chi connectivity index (χ0n) is 9.72. The van der Waals surface area contributed by atoms with Crippen LogP contribution in [0.1, 0.15) is 37.7 Å². The molecule has 17 heavy (non-hydrogen) atoms. The second-order valence-electron chi connectivity index (χ2n) is 4.81. The van der Waals surface area contributed by atoms with Crippen molar-refractivity contribution in [2.24, 2.45) is 5.92 Å². The molecule has 0 N–H and O–H groups in total. The van der Waals surface area contributed by atoms with E-state index in [0.29, 0.717) is 22.9 Å². The van der Waals surface area contributed by atoms with Crippen LogP contribution in [0.15, 0.2) is 18.2 Å². The van der Waals surface area contributed by atoms with Gasteiger partial charge in [-0.05, 0) is 29.7 Å². The second-order valence-corrected chi connectivity index (χ2v) is 5.21. The summed E-state index contributed by atoms with van der Waals surface area (Å²) in [6.07, 6.45) is 5.66. The Kier molecular flexibility index (Phi) is 4.16. The van der Waals surface area contributed by atoms with Crippen LogP contribution in [-0.2, 0) is 11.2 Å². The molecule has 1 nitrogen and oxygen atoms in total. The van der Waals surface area contributed by atoms with Crippen molar-refractivity contribution in [3.8, 4) is 0 Å². The summed E-state index contributed by atoms with van der Waals surface area (Å²) in [6.45, 7) is 0. The van der Waals surface area contributed by atoms with E-state index in [0.717, 1.165) is 12.8 Å². The van der Waals surface area contributed by atoms with Crippen LogP contribution in [0.2, 0.25) is 5.02 Å². The Morgan fingerprint density at radius 1 is 1.35 bits per heavy atom. The average Bonchev–Trinajstić information content (AvgIpc) is 2.76. The maximum absolute atomic E-state index is 13.0. The Balaban J connectivity index is 1.95. The van der Waals surface area contributed by atoms with E-state index in [9.17, 15) is 9.18 Å². The van der Waals surface area contributed by atoms with Crippen molar-refractivity contribution in [3.05, 3.63) is 34.6 Å². The maximum atomic E-state index is 13.0. The molecule has 1 aromatic carbocycles. The molecule has 1 fully saturated rings. The standard InChI is InChI=1S/C14H16ClFO/c15-14-6-5-12(16)8-11(14)9-13(17)7-10-3-1-2-4-10/h5-6,8,10H,1-4,7,9H2. The number of Topliss-reactive ketones (excluding diaryl/α,β-unsaturated/α-hetero) is 1. The highest BCUT2D eigenvalue weighted by Gasteiger charge is 2.19. The van der Waals surface area contributed by atoms with Gasteiger partial charge in [-0.25, -0.2) is 4.39 Å². The highest BCUT2D eigenvalue weighted by Crippen LogP contribution is 2.28. The van der Waals surface area contributed by atoms with Gasteiger partial charge in [0.2, 0.25) is 0 Å². The normalized spacial score (nSPS) is 16.4. The molecule has 0 bridgehead atoms. The molecule has 3 heteroatoms. The van der Waals surface area contributed by atoms with Gasteiger partial charge in [0.1, 0.15) is 11.6 Å². The molecule has 0 heterocycles. The van der Waals surface area contributed by atoms with Gasteiger partial charge in [0.15, 0.2) is 0 Å². The lowest BCUT2D eigenvalue weighted by Gasteiger charge is -2.08. The Bertz CT molecular complexity index is 411. The Morgan fingerprint density at radius 2 is 2.06 bits per heavy atom. The first-order chi connectivity index (χ1) is 8.15. The fourth-order valence-corrected chi connectivity index (χ4v) is 2.68. The van der Waals surface area contributed by atoms with Crippen LogP contribution in [0, 0.1) is 11.7 Å². The molecule has 1 aliphatic carbocycles. The average molecular weight is 255 g/mol. The van der Waals surface area contributed by atoms with Gasteiger partial charge in [-0.2, -0.15) is 0 Å². The molecule has 0 atom stereocenters. The molecule has 1 aromatic rings. The van der Waals surface area contributed by atoms with Gasteiger partial charge in [-0.15, -0.1) is 0 Å². The largest absolute Gasteiger partial charge is 0.299 e. The summed E-state index contributed by atoms with van der Waals surface area (Å²) in [5.41, 5.74) is 0.606. The van der Waals surface area contributed by atoms with Gasteiger partial charge in [0, 0.05) is 17.9 Å². The van der Waals surface area contributed by atoms with Gasteiger partial charge < -0.3 is 0 Å². The first-order valence-corrected chi connectivity index (χ1v) is 6.48. The summed E-state index contributed by atoms with van der Waals surface area (Å²) in [7, 11) is 0.